The number of ether oxygens (including phenoxy) is 1. The molecular formula is C17H23N5O3. The molecule has 2 aromatic rings. The number of amides is 1. The van der Waals surface area contributed by atoms with Gasteiger partial charge in [-0.15, -0.1) is 0 Å². The molecule has 8 heteroatoms. The number of hydrogen-bond donors (Lipinski definition) is 1. The summed E-state index contributed by atoms with van der Waals surface area (Å²) in [5.74, 6) is 1.30. The maximum absolute atomic E-state index is 12.7. The van der Waals surface area contributed by atoms with Gasteiger partial charge in [0.15, 0.2) is 0 Å². The molecule has 1 amide bonds. The van der Waals surface area contributed by atoms with Gasteiger partial charge in [0.1, 0.15) is 5.76 Å². The SMILES string of the molecule is COC[C@@H]1CN(c2ncccn2)C[C@H]1C(=O)NCc1c(C)noc1C. The third-order valence-electron chi connectivity index (χ3n) is 4.61. The standard InChI is InChI=1S/C17H23N5O3/c1-11-14(12(2)25-21-11)7-20-16(23)15-9-22(8-13(15)10-24-3)17-18-5-4-6-19-17/h4-6,13,15H,7-10H2,1-3H3,(H,20,23)/t13-,15+/m0/s1. The molecular weight excluding hydrogens is 322 g/mol. The van der Waals surface area contributed by atoms with Crippen molar-refractivity contribution in [1.82, 2.24) is 20.4 Å². The first-order valence-corrected chi connectivity index (χ1v) is 8.30. The number of hydrogen-bond acceptors (Lipinski definition) is 7. The molecule has 25 heavy (non-hydrogen) atoms. The lowest BCUT2D eigenvalue weighted by molar-refractivity contribution is -0.126. The molecule has 3 heterocycles. The molecule has 2 aromatic heterocycles. The Hall–Kier alpha value is -2.48. The van der Waals surface area contributed by atoms with E-state index in [1.54, 1.807) is 25.6 Å². The molecule has 3 rings (SSSR count). The van der Waals surface area contributed by atoms with Crippen LogP contribution in [0.4, 0.5) is 5.95 Å². The van der Waals surface area contributed by atoms with Crippen LogP contribution < -0.4 is 10.2 Å². The highest BCUT2D eigenvalue weighted by Crippen LogP contribution is 2.27. The van der Waals surface area contributed by atoms with Gasteiger partial charge in [-0.2, -0.15) is 0 Å². The first-order valence-electron chi connectivity index (χ1n) is 8.30. The highest BCUT2D eigenvalue weighted by Gasteiger charge is 2.38. The molecule has 0 bridgehead atoms. The normalized spacial score (nSPS) is 20.0. The van der Waals surface area contributed by atoms with Crippen molar-refractivity contribution in [2.45, 2.75) is 20.4 Å². The second kappa shape index (κ2) is 7.60. The fraction of sp³-hybridized carbons (Fsp3) is 0.529. The van der Waals surface area contributed by atoms with Crippen LogP contribution in [0.1, 0.15) is 17.0 Å². The molecule has 1 saturated heterocycles. The summed E-state index contributed by atoms with van der Waals surface area (Å²) in [6.45, 7) is 5.92. The lowest BCUT2D eigenvalue weighted by atomic mass is 9.96. The number of anilines is 1. The van der Waals surface area contributed by atoms with Crippen molar-refractivity contribution in [3.63, 3.8) is 0 Å². The number of aromatic nitrogens is 3. The van der Waals surface area contributed by atoms with Crippen LogP contribution in [0.3, 0.4) is 0 Å². The van der Waals surface area contributed by atoms with E-state index in [2.05, 4.69) is 20.4 Å². The number of rotatable bonds is 6. The van der Waals surface area contributed by atoms with Crippen molar-refractivity contribution in [3.8, 4) is 0 Å². The van der Waals surface area contributed by atoms with E-state index >= 15 is 0 Å². The van der Waals surface area contributed by atoms with Crippen molar-refractivity contribution >= 4 is 11.9 Å². The van der Waals surface area contributed by atoms with Gasteiger partial charge in [-0.1, -0.05) is 5.16 Å². The van der Waals surface area contributed by atoms with Crippen LogP contribution in [0.2, 0.25) is 0 Å². The molecule has 0 saturated carbocycles. The zero-order valence-electron chi connectivity index (χ0n) is 14.7. The van der Waals surface area contributed by atoms with Crippen LogP contribution in [0, 0.1) is 25.7 Å². The van der Waals surface area contributed by atoms with Crippen LogP contribution in [0.25, 0.3) is 0 Å². The van der Waals surface area contributed by atoms with Gasteiger partial charge < -0.3 is 19.5 Å². The summed E-state index contributed by atoms with van der Waals surface area (Å²) in [7, 11) is 1.65. The number of methoxy groups -OCH3 is 1. The van der Waals surface area contributed by atoms with E-state index < -0.39 is 0 Å². The van der Waals surface area contributed by atoms with E-state index in [-0.39, 0.29) is 17.7 Å². The molecule has 0 aliphatic carbocycles. The number of aryl methyl sites for hydroxylation is 2. The van der Waals surface area contributed by atoms with Gasteiger partial charge in [0.2, 0.25) is 11.9 Å². The van der Waals surface area contributed by atoms with E-state index in [0.29, 0.717) is 32.2 Å². The predicted octanol–water partition coefficient (Wildman–Crippen LogP) is 1.10. The van der Waals surface area contributed by atoms with Gasteiger partial charge >= 0.3 is 0 Å². The lowest BCUT2D eigenvalue weighted by Gasteiger charge is -2.16. The van der Waals surface area contributed by atoms with Gasteiger partial charge in [0.05, 0.1) is 18.2 Å². The van der Waals surface area contributed by atoms with Crippen LogP contribution in [-0.4, -0.2) is 47.8 Å². The molecule has 1 fully saturated rings. The molecule has 0 spiro atoms. The Morgan fingerprint density at radius 2 is 2.12 bits per heavy atom. The maximum atomic E-state index is 12.7. The fourth-order valence-corrected chi connectivity index (χ4v) is 3.23. The van der Waals surface area contributed by atoms with E-state index in [1.807, 2.05) is 18.7 Å². The van der Waals surface area contributed by atoms with Crippen molar-refractivity contribution in [2.75, 3.05) is 31.7 Å². The van der Waals surface area contributed by atoms with Crippen LogP contribution in [0.15, 0.2) is 23.0 Å². The largest absolute Gasteiger partial charge is 0.384 e. The predicted molar refractivity (Wildman–Crippen MR) is 90.9 cm³/mol. The Morgan fingerprint density at radius 3 is 2.76 bits per heavy atom. The van der Waals surface area contributed by atoms with E-state index in [1.165, 1.54) is 0 Å². The first kappa shape index (κ1) is 17.3. The quantitative estimate of drug-likeness (QED) is 0.838. The Labute approximate surface area is 146 Å². The summed E-state index contributed by atoms with van der Waals surface area (Å²) in [6.07, 6.45) is 3.41. The van der Waals surface area contributed by atoms with E-state index in [9.17, 15) is 4.79 Å². The molecule has 2 atom stereocenters. The number of carbonyl (C=O) groups is 1. The zero-order valence-corrected chi connectivity index (χ0v) is 14.7. The average Bonchev–Trinajstić information content (AvgIpc) is 3.18. The third-order valence-corrected chi connectivity index (χ3v) is 4.61. The van der Waals surface area contributed by atoms with Crippen molar-refractivity contribution in [3.05, 3.63) is 35.5 Å². The van der Waals surface area contributed by atoms with Crippen LogP contribution in [0.5, 0.6) is 0 Å². The maximum Gasteiger partial charge on any atom is 0.225 e. The molecule has 1 aliphatic heterocycles. The Morgan fingerprint density at radius 1 is 1.36 bits per heavy atom. The highest BCUT2D eigenvalue weighted by atomic mass is 16.5. The van der Waals surface area contributed by atoms with Crippen molar-refractivity contribution in [2.24, 2.45) is 11.8 Å². The summed E-state index contributed by atoms with van der Waals surface area (Å²) < 4.78 is 10.4. The zero-order chi connectivity index (χ0) is 17.8. The molecule has 8 nitrogen and oxygen atoms in total. The minimum Gasteiger partial charge on any atom is -0.384 e. The van der Waals surface area contributed by atoms with Gasteiger partial charge in [0.25, 0.3) is 0 Å². The Kier molecular flexibility index (Phi) is 5.28. The smallest absolute Gasteiger partial charge is 0.225 e. The van der Waals surface area contributed by atoms with Gasteiger partial charge in [-0.05, 0) is 19.9 Å². The minimum atomic E-state index is -0.177. The van der Waals surface area contributed by atoms with Gasteiger partial charge in [-0.25, -0.2) is 9.97 Å². The average molecular weight is 345 g/mol. The second-order valence-electron chi connectivity index (χ2n) is 6.30. The van der Waals surface area contributed by atoms with Crippen LogP contribution in [-0.2, 0) is 16.1 Å². The molecule has 0 aromatic carbocycles. The summed E-state index contributed by atoms with van der Waals surface area (Å²) in [5, 5.41) is 6.92. The molecule has 0 unspecified atom stereocenters. The highest BCUT2D eigenvalue weighted by molar-refractivity contribution is 5.80. The molecule has 134 valence electrons. The van der Waals surface area contributed by atoms with E-state index in [4.69, 9.17) is 9.26 Å². The number of nitrogens with zero attached hydrogens (tertiary/aromatic N) is 4. The second-order valence-corrected chi connectivity index (χ2v) is 6.30. The molecule has 1 aliphatic rings. The number of nitrogens with one attached hydrogen (secondary N) is 1. The van der Waals surface area contributed by atoms with Gasteiger partial charge in [-0.3, -0.25) is 4.79 Å². The minimum absolute atomic E-state index is 0.000445. The molecule has 0 radical (unpaired) electrons. The van der Waals surface area contributed by atoms with Crippen molar-refractivity contribution in [1.29, 1.82) is 0 Å². The molecule has 1 N–H and O–H groups in total. The number of carbonyl (C=O) groups excluding carboxylic acids is 1. The van der Waals surface area contributed by atoms with Crippen LogP contribution >= 0.6 is 0 Å². The fourth-order valence-electron chi connectivity index (χ4n) is 3.23. The summed E-state index contributed by atoms with van der Waals surface area (Å²) in [4.78, 5) is 23.3. The summed E-state index contributed by atoms with van der Waals surface area (Å²) in [6, 6.07) is 1.78. The monoisotopic (exact) mass is 345 g/mol. The lowest BCUT2D eigenvalue weighted by Crippen LogP contribution is -2.36. The summed E-state index contributed by atoms with van der Waals surface area (Å²) in [5.41, 5.74) is 1.73. The van der Waals surface area contributed by atoms with Crippen molar-refractivity contribution < 1.29 is 14.1 Å². The third kappa shape index (κ3) is 3.79. The van der Waals surface area contributed by atoms with Gasteiger partial charge in [0, 0.05) is 50.6 Å². The first-order chi connectivity index (χ1) is 12.1. The Balaban J connectivity index is 1.67. The Bertz CT molecular complexity index is 699. The topological polar surface area (TPSA) is 93.4 Å². The summed E-state index contributed by atoms with van der Waals surface area (Å²) >= 11 is 0. The van der Waals surface area contributed by atoms with E-state index in [0.717, 1.165) is 17.0 Å².